The van der Waals surface area contributed by atoms with Gasteiger partial charge in [-0.25, -0.2) is 0 Å². The van der Waals surface area contributed by atoms with E-state index in [1.165, 1.54) is 15.4 Å². The van der Waals surface area contributed by atoms with E-state index >= 15 is 0 Å². The number of nitrogens with one attached hydrogen (secondary N) is 1. The zero-order chi connectivity index (χ0) is 13.1. The van der Waals surface area contributed by atoms with Gasteiger partial charge in [0.2, 0.25) is 0 Å². The molecule has 0 bridgehead atoms. The van der Waals surface area contributed by atoms with Crippen LogP contribution < -0.4 is 5.32 Å². The van der Waals surface area contributed by atoms with E-state index in [1.54, 1.807) is 0 Å². The highest BCUT2D eigenvalue weighted by molar-refractivity contribution is 9.10. The summed E-state index contributed by atoms with van der Waals surface area (Å²) in [6.45, 7) is 9.08. The van der Waals surface area contributed by atoms with Crippen LogP contribution in [0.2, 0.25) is 0 Å². The Morgan fingerprint density at radius 1 is 1.33 bits per heavy atom. The lowest BCUT2D eigenvalue weighted by Gasteiger charge is -2.02. The Kier molecular flexibility index (Phi) is 4.59. The monoisotopic (exact) mass is 327 g/mol. The van der Waals surface area contributed by atoms with Gasteiger partial charge < -0.3 is 5.32 Å². The van der Waals surface area contributed by atoms with Crippen molar-refractivity contribution in [2.45, 2.75) is 33.9 Å². The molecule has 1 N–H and O–H groups in total. The quantitative estimate of drug-likeness (QED) is 0.911. The van der Waals surface area contributed by atoms with E-state index in [9.17, 15) is 0 Å². The second-order valence-electron chi connectivity index (χ2n) is 4.29. The van der Waals surface area contributed by atoms with Gasteiger partial charge >= 0.3 is 0 Å². The number of aromatic nitrogens is 2. The molecule has 0 aliphatic carbocycles. The van der Waals surface area contributed by atoms with Crippen LogP contribution in [0.3, 0.4) is 0 Å². The van der Waals surface area contributed by atoms with Crippen molar-refractivity contribution in [2.24, 2.45) is 0 Å². The summed E-state index contributed by atoms with van der Waals surface area (Å²) in [7, 11) is 0. The van der Waals surface area contributed by atoms with E-state index in [4.69, 9.17) is 0 Å². The molecule has 0 saturated carbocycles. The summed E-state index contributed by atoms with van der Waals surface area (Å²) in [5.41, 5.74) is 2.24. The lowest BCUT2D eigenvalue weighted by atomic mass is 10.4. The van der Waals surface area contributed by atoms with Gasteiger partial charge in [0, 0.05) is 16.3 Å². The van der Waals surface area contributed by atoms with E-state index in [0.29, 0.717) is 0 Å². The first-order valence-electron chi connectivity index (χ1n) is 6.09. The molecule has 0 atom stereocenters. The molecule has 0 aliphatic rings. The highest BCUT2D eigenvalue weighted by atomic mass is 79.9. The van der Waals surface area contributed by atoms with Crippen molar-refractivity contribution in [1.29, 1.82) is 0 Å². The first-order chi connectivity index (χ1) is 8.61. The summed E-state index contributed by atoms with van der Waals surface area (Å²) in [6.07, 6.45) is 0. The van der Waals surface area contributed by atoms with Crippen LogP contribution in [0.4, 0.5) is 0 Å². The van der Waals surface area contributed by atoms with E-state index in [1.807, 2.05) is 18.3 Å². The number of hydrogen-bond donors (Lipinski definition) is 1. The van der Waals surface area contributed by atoms with Gasteiger partial charge in [-0.15, -0.1) is 11.3 Å². The molecule has 2 heterocycles. The van der Waals surface area contributed by atoms with Crippen LogP contribution in [-0.2, 0) is 13.1 Å². The maximum Gasteiger partial charge on any atom is 0.0755 e. The smallest absolute Gasteiger partial charge is 0.0755 e. The second kappa shape index (κ2) is 5.99. The molecule has 0 saturated heterocycles. The molecule has 98 valence electrons. The van der Waals surface area contributed by atoms with E-state index in [-0.39, 0.29) is 0 Å². The van der Waals surface area contributed by atoms with Crippen LogP contribution in [0, 0.1) is 13.8 Å². The second-order valence-corrected chi connectivity index (χ2v) is 6.34. The summed E-state index contributed by atoms with van der Waals surface area (Å²) < 4.78 is 3.18. The van der Waals surface area contributed by atoms with Gasteiger partial charge in [0.25, 0.3) is 0 Å². The number of hydrogen-bond acceptors (Lipinski definition) is 3. The van der Waals surface area contributed by atoms with Gasteiger partial charge in [-0.05, 0) is 48.5 Å². The summed E-state index contributed by atoms with van der Waals surface area (Å²) >= 11 is 5.42. The van der Waals surface area contributed by atoms with Crippen molar-refractivity contribution < 1.29 is 0 Å². The fourth-order valence-electron chi connectivity index (χ4n) is 1.83. The zero-order valence-electron chi connectivity index (χ0n) is 11.0. The topological polar surface area (TPSA) is 29.9 Å². The third kappa shape index (κ3) is 3.02. The molecular formula is C13H18BrN3S. The molecule has 0 unspecified atom stereocenters. The highest BCUT2D eigenvalue weighted by Gasteiger charge is 2.09. The van der Waals surface area contributed by atoms with Gasteiger partial charge in [0.05, 0.1) is 22.4 Å². The van der Waals surface area contributed by atoms with Crippen LogP contribution in [0.15, 0.2) is 16.6 Å². The third-order valence-electron chi connectivity index (χ3n) is 2.87. The van der Waals surface area contributed by atoms with Crippen molar-refractivity contribution in [3.05, 3.63) is 37.7 Å². The molecule has 2 aromatic heterocycles. The molecule has 0 spiro atoms. The minimum absolute atomic E-state index is 0.856. The van der Waals surface area contributed by atoms with Crippen LogP contribution >= 0.6 is 27.3 Å². The Hall–Kier alpha value is -0.650. The van der Waals surface area contributed by atoms with Gasteiger partial charge in [-0.3, -0.25) is 4.68 Å². The number of halogens is 1. The molecule has 0 amide bonds. The van der Waals surface area contributed by atoms with Crippen molar-refractivity contribution in [2.75, 3.05) is 6.54 Å². The maximum atomic E-state index is 4.54. The first kappa shape index (κ1) is 13.8. The standard InChI is InChI=1S/C13H18BrN3S/c1-4-15-7-11-5-6-12(18-11)8-17-10(3)13(14)9(2)16-17/h5-6,15H,4,7-8H2,1-3H3. The summed E-state index contributed by atoms with van der Waals surface area (Å²) in [5.74, 6) is 0. The maximum absolute atomic E-state index is 4.54. The molecule has 0 fully saturated rings. The molecule has 0 aromatic carbocycles. The summed E-state index contributed by atoms with van der Waals surface area (Å²) in [6, 6.07) is 4.39. The molecule has 5 heteroatoms. The number of thiophene rings is 1. The number of aryl methyl sites for hydroxylation is 1. The van der Waals surface area contributed by atoms with Gasteiger partial charge in [0.1, 0.15) is 0 Å². The molecule has 2 rings (SSSR count). The molecular weight excluding hydrogens is 310 g/mol. The summed E-state index contributed by atoms with van der Waals surface area (Å²) in [4.78, 5) is 2.73. The molecule has 3 nitrogen and oxygen atoms in total. The van der Waals surface area contributed by atoms with Crippen molar-refractivity contribution >= 4 is 27.3 Å². The van der Waals surface area contributed by atoms with E-state index < -0.39 is 0 Å². The van der Waals surface area contributed by atoms with E-state index in [0.717, 1.165) is 29.8 Å². The average Bonchev–Trinajstić information content (AvgIpc) is 2.89. The Balaban J connectivity index is 2.09. The predicted molar refractivity (Wildman–Crippen MR) is 80.2 cm³/mol. The number of nitrogens with zero attached hydrogens (tertiary/aromatic N) is 2. The number of rotatable bonds is 5. The van der Waals surface area contributed by atoms with Crippen LogP contribution in [0.5, 0.6) is 0 Å². The SMILES string of the molecule is CCNCc1ccc(Cn2nc(C)c(Br)c2C)s1. The van der Waals surface area contributed by atoms with E-state index in [2.05, 4.69) is 57.0 Å². The Bertz CT molecular complexity index is 530. The fraction of sp³-hybridized carbons (Fsp3) is 0.462. The normalized spacial score (nSPS) is 11.1. The average molecular weight is 328 g/mol. The van der Waals surface area contributed by atoms with Crippen LogP contribution in [-0.4, -0.2) is 16.3 Å². The predicted octanol–water partition coefficient (Wildman–Crippen LogP) is 3.48. The molecule has 2 aromatic rings. The van der Waals surface area contributed by atoms with Crippen LogP contribution in [0.1, 0.15) is 28.1 Å². The lowest BCUT2D eigenvalue weighted by Crippen LogP contribution is -2.10. The zero-order valence-corrected chi connectivity index (χ0v) is 13.4. The lowest BCUT2D eigenvalue weighted by molar-refractivity contribution is 0.665. The highest BCUT2D eigenvalue weighted by Crippen LogP contribution is 2.23. The Morgan fingerprint density at radius 2 is 2.06 bits per heavy atom. The molecule has 0 aliphatic heterocycles. The van der Waals surface area contributed by atoms with Gasteiger partial charge in [-0.1, -0.05) is 6.92 Å². The molecule has 0 radical (unpaired) electrons. The van der Waals surface area contributed by atoms with Gasteiger partial charge in [-0.2, -0.15) is 5.10 Å². The summed E-state index contributed by atoms with van der Waals surface area (Å²) in [5, 5.41) is 7.88. The Labute approximate surface area is 120 Å². The van der Waals surface area contributed by atoms with Crippen LogP contribution in [0.25, 0.3) is 0 Å². The molecule has 18 heavy (non-hydrogen) atoms. The third-order valence-corrected chi connectivity index (χ3v) is 5.08. The Morgan fingerprint density at radius 3 is 2.67 bits per heavy atom. The minimum Gasteiger partial charge on any atom is -0.312 e. The minimum atomic E-state index is 0.856. The largest absolute Gasteiger partial charge is 0.312 e. The van der Waals surface area contributed by atoms with Gasteiger partial charge in [0.15, 0.2) is 0 Å². The van der Waals surface area contributed by atoms with Crippen molar-refractivity contribution in [3.63, 3.8) is 0 Å². The first-order valence-corrected chi connectivity index (χ1v) is 7.70. The van der Waals surface area contributed by atoms with Crippen molar-refractivity contribution in [1.82, 2.24) is 15.1 Å². The van der Waals surface area contributed by atoms with Crippen molar-refractivity contribution in [3.8, 4) is 0 Å². The fourth-order valence-corrected chi connectivity index (χ4v) is 3.08.